The molecule has 0 saturated carbocycles. The van der Waals surface area contributed by atoms with Gasteiger partial charge in [0.05, 0.1) is 24.9 Å². The van der Waals surface area contributed by atoms with Crippen molar-refractivity contribution in [2.24, 2.45) is 0 Å². The first-order valence-corrected chi connectivity index (χ1v) is 6.88. The molecule has 0 bridgehead atoms. The number of benzene rings is 1. The number of carbonyl (C=O) groups excluding carboxylic acids is 1. The van der Waals surface area contributed by atoms with E-state index >= 15 is 0 Å². The maximum Gasteiger partial charge on any atom is 0.337 e. The standard InChI is InChI=1S/C17H15N3O2/c1-22-17(21)14-6-4-5-13(11-14)12-20-10-8-16(19-20)15-7-2-3-9-18-15/h2-11H,12H2,1H3. The van der Waals surface area contributed by atoms with Crippen LogP contribution in [0, 0.1) is 0 Å². The molecule has 0 fully saturated rings. The Hall–Kier alpha value is -2.95. The van der Waals surface area contributed by atoms with Crippen LogP contribution in [-0.4, -0.2) is 27.8 Å². The topological polar surface area (TPSA) is 57.0 Å². The molecule has 110 valence electrons. The van der Waals surface area contributed by atoms with Crippen molar-refractivity contribution in [3.05, 3.63) is 72.1 Å². The number of aromatic nitrogens is 3. The molecule has 1 aromatic carbocycles. The van der Waals surface area contributed by atoms with Crippen LogP contribution in [0.25, 0.3) is 11.4 Å². The smallest absolute Gasteiger partial charge is 0.337 e. The van der Waals surface area contributed by atoms with Crippen LogP contribution in [0.1, 0.15) is 15.9 Å². The summed E-state index contributed by atoms with van der Waals surface area (Å²) in [6.45, 7) is 0.581. The van der Waals surface area contributed by atoms with E-state index in [-0.39, 0.29) is 5.97 Å². The van der Waals surface area contributed by atoms with Gasteiger partial charge >= 0.3 is 5.97 Å². The maximum atomic E-state index is 11.6. The van der Waals surface area contributed by atoms with Gasteiger partial charge < -0.3 is 4.74 Å². The summed E-state index contributed by atoms with van der Waals surface area (Å²) in [6.07, 6.45) is 3.64. The molecule has 0 unspecified atom stereocenters. The molecular formula is C17H15N3O2. The highest BCUT2D eigenvalue weighted by molar-refractivity contribution is 5.89. The van der Waals surface area contributed by atoms with Gasteiger partial charge in [-0.2, -0.15) is 5.10 Å². The first-order valence-electron chi connectivity index (χ1n) is 6.88. The Morgan fingerprint density at radius 1 is 1.14 bits per heavy atom. The third kappa shape index (κ3) is 3.03. The van der Waals surface area contributed by atoms with Gasteiger partial charge in [-0.3, -0.25) is 9.67 Å². The Balaban J connectivity index is 1.80. The largest absolute Gasteiger partial charge is 0.465 e. The van der Waals surface area contributed by atoms with Gasteiger partial charge in [-0.1, -0.05) is 18.2 Å². The summed E-state index contributed by atoms with van der Waals surface area (Å²) >= 11 is 0. The van der Waals surface area contributed by atoms with Crippen molar-refractivity contribution in [1.29, 1.82) is 0 Å². The second kappa shape index (κ2) is 6.22. The highest BCUT2D eigenvalue weighted by Crippen LogP contribution is 2.14. The van der Waals surface area contributed by atoms with Crippen LogP contribution in [-0.2, 0) is 11.3 Å². The van der Waals surface area contributed by atoms with Gasteiger partial charge in [-0.05, 0) is 35.9 Å². The predicted octanol–water partition coefficient (Wildman–Crippen LogP) is 2.78. The molecule has 0 aliphatic carbocycles. The SMILES string of the molecule is COC(=O)c1cccc(Cn2ccc(-c3ccccn3)n2)c1. The number of carbonyl (C=O) groups is 1. The Bertz CT molecular complexity index is 781. The fourth-order valence-electron chi connectivity index (χ4n) is 2.20. The molecule has 0 saturated heterocycles. The lowest BCUT2D eigenvalue weighted by atomic mass is 10.1. The van der Waals surface area contributed by atoms with Gasteiger partial charge in [0.2, 0.25) is 0 Å². The number of hydrogen-bond acceptors (Lipinski definition) is 4. The second-order valence-electron chi connectivity index (χ2n) is 4.81. The molecule has 3 rings (SSSR count). The average Bonchev–Trinajstić information content (AvgIpc) is 3.03. The maximum absolute atomic E-state index is 11.6. The van der Waals surface area contributed by atoms with Crippen molar-refractivity contribution in [1.82, 2.24) is 14.8 Å². The Labute approximate surface area is 128 Å². The summed E-state index contributed by atoms with van der Waals surface area (Å²) in [5, 5.41) is 4.51. The van der Waals surface area contributed by atoms with Crippen molar-refractivity contribution in [2.45, 2.75) is 6.54 Å². The van der Waals surface area contributed by atoms with Crippen LogP contribution in [0.5, 0.6) is 0 Å². The van der Waals surface area contributed by atoms with Crippen molar-refractivity contribution < 1.29 is 9.53 Å². The van der Waals surface area contributed by atoms with E-state index in [1.807, 2.05) is 53.3 Å². The van der Waals surface area contributed by atoms with Crippen LogP contribution >= 0.6 is 0 Å². The summed E-state index contributed by atoms with van der Waals surface area (Å²) in [6, 6.07) is 15.0. The molecule has 5 nitrogen and oxygen atoms in total. The summed E-state index contributed by atoms with van der Waals surface area (Å²) < 4.78 is 6.55. The summed E-state index contributed by atoms with van der Waals surface area (Å²) in [7, 11) is 1.38. The van der Waals surface area contributed by atoms with Crippen LogP contribution in [0.2, 0.25) is 0 Å². The van der Waals surface area contributed by atoms with Gasteiger partial charge in [-0.25, -0.2) is 4.79 Å². The average molecular weight is 293 g/mol. The van der Waals surface area contributed by atoms with Gasteiger partial charge in [-0.15, -0.1) is 0 Å². The molecule has 0 spiro atoms. The predicted molar refractivity (Wildman–Crippen MR) is 82.3 cm³/mol. The molecule has 0 aliphatic rings. The van der Waals surface area contributed by atoms with E-state index in [4.69, 9.17) is 4.74 Å². The zero-order chi connectivity index (χ0) is 15.4. The van der Waals surface area contributed by atoms with E-state index in [9.17, 15) is 4.79 Å². The van der Waals surface area contributed by atoms with E-state index in [1.54, 1.807) is 12.3 Å². The first-order chi connectivity index (χ1) is 10.8. The number of ether oxygens (including phenoxy) is 1. The van der Waals surface area contributed by atoms with E-state index in [0.29, 0.717) is 12.1 Å². The second-order valence-corrected chi connectivity index (χ2v) is 4.81. The zero-order valence-electron chi connectivity index (χ0n) is 12.1. The van der Waals surface area contributed by atoms with Gasteiger partial charge in [0, 0.05) is 12.4 Å². The lowest BCUT2D eigenvalue weighted by Gasteiger charge is -2.04. The third-order valence-corrected chi connectivity index (χ3v) is 3.26. The number of hydrogen-bond donors (Lipinski definition) is 0. The number of rotatable bonds is 4. The van der Waals surface area contributed by atoms with Crippen molar-refractivity contribution in [3.8, 4) is 11.4 Å². The van der Waals surface area contributed by atoms with Gasteiger partial charge in [0.15, 0.2) is 0 Å². The summed E-state index contributed by atoms with van der Waals surface area (Å²) in [4.78, 5) is 15.8. The minimum atomic E-state index is -0.337. The van der Waals surface area contributed by atoms with E-state index in [0.717, 1.165) is 17.0 Å². The van der Waals surface area contributed by atoms with Crippen LogP contribution < -0.4 is 0 Å². The number of pyridine rings is 1. The van der Waals surface area contributed by atoms with E-state index in [1.165, 1.54) is 7.11 Å². The zero-order valence-corrected chi connectivity index (χ0v) is 12.1. The Kier molecular flexibility index (Phi) is 3.96. The molecule has 2 heterocycles. The molecule has 22 heavy (non-hydrogen) atoms. The highest BCUT2D eigenvalue weighted by atomic mass is 16.5. The van der Waals surface area contributed by atoms with Crippen LogP contribution in [0.3, 0.4) is 0 Å². The molecule has 0 radical (unpaired) electrons. The van der Waals surface area contributed by atoms with E-state index in [2.05, 4.69) is 10.1 Å². The van der Waals surface area contributed by atoms with Crippen LogP contribution in [0.15, 0.2) is 60.9 Å². The van der Waals surface area contributed by atoms with Gasteiger partial charge in [0.25, 0.3) is 0 Å². The van der Waals surface area contributed by atoms with Crippen molar-refractivity contribution in [3.63, 3.8) is 0 Å². The highest BCUT2D eigenvalue weighted by Gasteiger charge is 2.07. The fourth-order valence-corrected chi connectivity index (χ4v) is 2.20. The molecular weight excluding hydrogens is 278 g/mol. The van der Waals surface area contributed by atoms with Crippen molar-refractivity contribution in [2.75, 3.05) is 7.11 Å². The molecule has 2 aromatic heterocycles. The van der Waals surface area contributed by atoms with Crippen LogP contribution in [0.4, 0.5) is 0 Å². The lowest BCUT2D eigenvalue weighted by molar-refractivity contribution is 0.0600. The summed E-state index contributed by atoms with van der Waals surface area (Å²) in [5.41, 5.74) is 3.19. The monoisotopic (exact) mass is 293 g/mol. The normalized spacial score (nSPS) is 10.4. The third-order valence-electron chi connectivity index (χ3n) is 3.26. The van der Waals surface area contributed by atoms with E-state index < -0.39 is 0 Å². The molecule has 0 amide bonds. The quantitative estimate of drug-likeness (QED) is 0.694. The fraction of sp³-hybridized carbons (Fsp3) is 0.118. The molecule has 0 N–H and O–H groups in total. The molecule has 0 atom stereocenters. The first kappa shape index (κ1) is 14.0. The van der Waals surface area contributed by atoms with Crippen molar-refractivity contribution >= 4 is 5.97 Å². The van der Waals surface area contributed by atoms with Gasteiger partial charge in [0.1, 0.15) is 5.69 Å². The lowest BCUT2D eigenvalue weighted by Crippen LogP contribution is -2.04. The molecule has 5 heteroatoms. The summed E-state index contributed by atoms with van der Waals surface area (Å²) in [5.74, 6) is -0.337. The number of esters is 1. The number of methoxy groups -OCH3 is 1. The Morgan fingerprint density at radius 3 is 2.82 bits per heavy atom. The molecule has 0 aliphatic heterocycles. The minimum Gasteiger partial charge on any atom is -0.465 e. The number of nitrogens with zero attached hydrogens (tertiary/aromatic N) is 3. The Morgan fingerprint density at radius 2 is 2.05 bits per heavy atom. The molecule has 3 aromatic rings. The minimum absolute atomic E-state index is 0.337.